The standard InChI is InChI=1S/C19H22N4O6/c20-18(17(28)29,10-12-4-2-1-3-5-12)11-19(21,22-13(24)6-7-14(22)25)23-15(26)8-9-16(23)27/h1-9,24-27H,10-11,20-21H2,(H,28,29). The molecule has 1 unspecified atom stereocenters. The zero-order valence-corrected chi connectivity index (χ0v) is 15.3. The second-order valence-electron chi connectivity index (χ2n) is 6.95. The van der Waals surface area contributed by atoms with Crippen molar-refractivity contribution in [1.29, 1.82) is 0 Å². The minimum atomic E-state index is -2.17. The Morgan fingerprint density at radius 3 is 1.59 bits per heavy atom. The second-order valence-corrected chi connectivity index (χ2v) is 6.95. The van der Waals surface area contributed by atoms with Crippen LogP contribution in [0.1, 0.15) is 12.0 Å². The first-order valence-electron chi connectivity index (χ1n) is 8.64. The Morgan fingerprint density at radius 2 is 1.21 bits per heavy atom. The Kier molecular flexibility index (Phi) is 4.91. The predicted molar refractivity (Wildman–Crippen MR) is 102 cm³/mol. The summed E-state index contributed by atoms with van der Waals surface area (Å²) in [7, 11) is 0. The number of nitrogens with zero attached hydrogens (tertiary/aromatic N) is 2. The molecule has 0 saturated heterocycles. The van der Waals surface area contributed by atoms with Crippen LogP contribution in [-0.2, 0) is 17.0 Å². The van der Waals surface area contributed by atoms with Crippen molar-refractivity contribution in [2.24, 2.45) is 11.5 Å². The van der Waals surface area contributed by atoms with Crippen molar-refractivity contribution in [3.05, 3.63) is 60.2 Å². The molecule has 0 radical (unpaired) electrons. The monoisotopic (exact) mass is 402 g/mol. The maximum Gasteiger partial charge on any atom is 0.324 e. The molecule has 0 aliphatic rings. The minimum Gasteiger partial charge on any atom is -0.494 e. The number of carboxylic acid groups (broad SMARTS) is 1. The van der Waals surface area contributed by atoms with Gasteiger partial charge in [-0.05, 0) is 5.56 Å². The summed E-state index contributed by atoms with van der Waals surface area (Å²) in [5, 5.41) is 50.8. The molecule has 154 valence electrons. The van der Waals surface area contributed by atoms with Crippen molar-refractivity contribution in [3.63, 3.8) is 0 Å². The average Bonchev–Trinajstić information content (AvgIpc) is 3.17. The van der Waals surface area contributed by atoms with Crippen LogP contribution in [0.5, 0.6) is 23.5 Å². The summed E-state index contributed by atoms with van der Waals surface area (Å²) in [6, 6.07) is 13.1. The number of benzene rings is 1. The molecule has 10 heteroatoms. The third-order valence-electron chi connectivity index (χ3n) is 4.82. The smallest absolute Gasteiger partial charge is 0.324 e. The molecule has 3 aromatic rings. The predicted octanol–water partition coefficient (Wildman–Crippen LogP) is 0.644. The number of nitrogens with two attached hydrogens (primary N) is 2. The van der Waals surface area contributed by atoms with E-state index in [9.17, 15) is 30.3 Å². The Hall–Kier alpha value is -3.63. The lowest BCUT2D eigenvalue weighted by atomic mass is 9.85. The van der Waals surface area contributed by atoms with E-state index >= 15 is 0 Å². The summed E-state index contributed by atoms with van der Waals surface area (Å²) in [4.78, 5) is 12.1. The van der Waals surface area contributed by atoms with Crippen LogP contribution >= 0.6 is 0 Å². The summed E-state index contributed by atoms with van der Waals surface area (Å²) in [6.45, 7) is 0. The van der Waals surface area contributed by atoms with E-state index < -0.39 is 47.2 Å². The van der Waals surface area contributed by atoms with Crippen LogP contribution < -0.4 is 11.5 Å². The van der Waals surface area contributed by atoms with Gasteiger partial charge in [-0.25, -0.2) is 9.13 Å². The topological polar surface area (TPSA) is 180 Å². The van der Waals surface area contributed by atoms with Gasteiger partial charge < -0.3 is 31.3 Å². The van der Waals surface area contributed by atoms with Crippen molar-refractivity contribution >= 4 is 5.97 Å². The molecule has 9 N–H and O–H groups in total. The van der Waals surface area contributed by atoms with E-state index in [0.717, 1.165) is 33.4 Å². The summed E-state index contributed by atoms with van der Waals surface area (Å²) in [6.07, 6.45) is -0.760. The molecule has 10 nitrogen and oxygen atoms in total. The maximum atomic E-state index is 12.1. The second kappa shape index (κ2) is 7.08. The van der Waals surface area contributed by atoms with Gasteiger partial charge in [0.1, 0.15) is 5.54 Å². The first-order chi connectivity index (χ1) is 13.6. The summed E-state index contributed by atoms with van der Waals surface area (Å²) >= 11 is 0. The third-order valence-corrected chi connectivity index (χ3v) is 4.82. The van der Waals surface area contributed by atoms with Gasteiger partial charge in [0, 0.05) is 37.1 Å². The van der Waals surface area contributed by atoms with Gasteiger partial charge in [-0.3, -0.25) is 10.5 Å². The number of aromatic hydroxyl groups is 4. The first-order valence-corrected chi connectivity index (χ1v) is 8.64. The lowest BCUT2D eigenvalue weighted by molar-refractivity contribution is -0.145. The van der Waals surface area contributed by atoms with E-state index in [-0.39, 0.29) is 6.42 Å². The largest absolute Gasteiger partial charge is 0.494 e. The van der Waals surface area contributed by atoms with Gasteiger partial charge in [0.15, 0.2) is 29.3 Å². The first kappa shape index (κ1) is 20.1. The van der Waals surface area contributed by atoms with E-state index in [2.05, 4.69) is 0 Å². The van der Waals surface area contributed by atoms with Crippen molar-refractivity contribution in [2.45, 2.75) is 24.2 Å². The average molecular weight is 402 g/mol. The fourth-order valence-corrected chi connectivity index (χ4v) is 3.52. The third kappa shape index (κ3) is 3.46. The lowest BCUT2D eigenvalue weighted by Gasteiger charge is -2.39. The van der Waals surface area contributed by atoms with Crippen LogP contribution in [-0.4, -0.2) is 46.2 Å². The molecule has 0 aliphatic carbocycles. The molecule has 1 atom stereocenters. The van der Waals surface area contributed by atoms with Crippen molar-refractivity contribution in [1.82, 2.24) is 9.13 Å². The normalized spacial score (nSPS) is 13.9. The highest BCUT2D eigenvalue weighted by Crippen LogP contribution is 2.39. The molecule has 0 bridgehead atoms. The molecule has 1 aromatic carbocycles. The number of rotatable bonds is 7. The van der Waals surface area contributed by atoms with Crippen LogP contribution in [0.2, 0.25) is 0 Å². The Balaban J connectivity index is 2.17. The number of carbonyl (C=O) groups is 1. The Bertz CT molecular complexity index is 944. The van der Waals surface area contributed by atoms with Crippen LogP contribution in [0.4, 0.5) is 0 Å². The van der Waals surface area contributed by atoms with E-state index in [1.165, 1.54) is 0 Å². The molecule has 2 heterocycles. The molecule has 0 saturated carbocycles. The molecular formula is C19H22N4O6. The Morgan fingerprint density at radius 1 is 0.793 bits per heavy atom. The quantitative estimate of drug-likeness (QED) is 0.301. The zero-order valence-electron chi connectivity index (χ0n) is 15.3. The van der Waals surface area contributed by atoms with E-state index in [1.807, 2.05) is 0 Å². The Labute approximate surface area is 165 Å². The van der Waals surface area contributed by atoms with Gasteiger partial charge in [-0.15, -0.1) is 0 Å². The fraction of sp³-hybridized carbons (Fsp3) is 0.211. The van der Waals surface area contributed by atoms with Gasteiger partial charge in [-0.1, -0.05) is 30.3 Å². The van der Waals surface area contributed by atoms with Gasteiger partial charge in [0.25, 0.3) is 0 Å². The maximum absolute atomic E-state index is 12.1. The molecule has 0 fully saturated rings. The van der Waals surface area contributed by atoms with Gasteiger partial charge in [0.2, 0.25) is 0 Å². The minimum absolute atomic E-state index is 0.145. The van der Waals surface area contributed by atoms with Crippen molar-refractivity contribution in [2.75, 3.05) is 0 Å². The summed E-state index contributed by atoms with van der Waals surface area (Å²) < 4.78 is 1.56. The van der Waals surface area contributed by atoms with E-state index in [1.54, 1.807) is 30.3 Å². The number of aromatic nitrogens is 2. The molecule has 29 heavy (non-hydrogen) atoms. The summed E-state index contributed by atoms with van der Waals surface area (Å²) in [5.74, 6) is -5.66. The SMILES string of the molecule is NC(Cc1ccccc1)(CC(N)(n1c(O)ccc1O)n1c(O)ccc1O)C(=O)O. The van der Waals surface area contributed by atoms with E-state index in [4.69, 9.17) is 11.5 Å². The molecule has 2 aromatic heterocycles. The molecular weight excluding hydrogens is 380 g/mol. The number of hydrogen-bond acceptors (Lipinski definition) is 7. The van der Waals surface area contributed by atoms with Crippen molar-refractivity contribution < 1.29 is 30.3 Å². The van der Waals surface area contributed by atoms with Gasteiger partial charge in [-0.2, -0.15) is 0 Å². The zero-order chi connectivity index (χ0) is 21.4. The molecule has 0 aliphatic heterocycles. The van der Waals surface area contributed by atoms with Gasteiger partial charge in [0.05, 0.1) is 0 Å². The van der Waals surface area contributed by atoms with Crippen LogP contribution in [0.25, 0.3) is 0 Å². The fourth-order valence-electron chi connectivity index (χ4n) is 3.52. The van der Waals surface area contributed by atoms with Crippen molar-refractivity contribution in [3.8, 4) is 23.5 Å². The van der Waals surface area contributed by atoms with Crippen LogP contribution in [0, 0.1) is 0 Å². The van der Waals surface area contributed by atoms with Crippen LogP contribution in [0.15, 0.2) is 54.6 Å². The highest BCUT2D eigenvalue weighted by molar-refractivity contribution is 5.79. The molecule has 0 spiro atoms. The lowest BCUT2D eigenvalue weighted by Crippen LogP contribution is -2.61. The van der Waals surface area contributed by atoms with Gasteiger partial charge >= 0.3 is 5.97 Å². The number of aliphatic carboxylic acids is 1. The van der Waals surface area contributed by atoms with E-state index in [0.29, 0.717) is 5.56 Å². The number of carboxylic acids is 1. The summed E-state index contributed by atoms with van der Waals surface area (Å²) in [5.41, 5.74) is 11.3. The highest BCUT2D eigenvalue weighted by Gasteiger charge is 2.47. The molecule has 3 rings (SSSR count). The van der Waals surface area contributed by atoms with Crippen LogP contribution in [0.3, 0.4) is 0 Å². The highest BCUT2D eigenvalue weighted by atomic mass is 16.4. The number of hydrogen-bond donors (Lipinski definition) is 7. The molecule has 0 amide bonds.